The summed E-state index contributed by atoms with van der Waals surface area (Å²) in [5, 5.41) is 3.14. The zero-order valence-corrected chi connectivity index (χ0v) is 8.73. The van der Waals surface area contributed by atoms with Gasteiger partial charge in [-0.1, -0.05) is 13.5 Å². The van der Waals surface area contributed by atoms with Crippen LogP contribution in [-0.2, 0) is 0 Å². The summed E-state index contributed by atoms with van der Waals surface area (Å²) >= 11 is 0. The van der Waals surface area contributed by atoms with Gasteiger partial charge in [0.05, 0.1) is 0 Å². The summed E-state index contributed by atoms with van der Waals surface area (Å²) in [5.74, 6) is -0.209. The molecule has 0 saturated carbocycles. The largest absolute Gasteiger partial charge is 0.385 e. The lowest BCUT2D eigenvalue weighted by molar-refractivity contribution is 0.626. The number of hydrogen-bond donors (Lipinski definition) is 1. The second-order valence-corrected chi connectivity index (χ2v) is 3.42. The summed E-state index contributed by atoms with van der Waals surface area (Å²) < 4.78 is 13.0. The molecule has 0 fully saturated rings. The maximum atomic E-state index is 13.0. The van der Waals surface area contributed by atoms with Gasteiger partial charge >= 0.3 is 0 Å². The van der Waals surface area contributed by atoms with Crippen molar-refractivity contribution in [3.05, 3.63) is 41.7 Å². The first-order valence-electron chi connectivity index (χ1n) is 4.84. The average molecular weight is 193 g/mol. The molecule has 1 nitrogen and oxygen atoms in total. The van der Waals surface area contributed by atoms with E-state index in [4.69, 9.17) is 0 Å². The maximum absolute atomic E-state index is 13.0. The van der Waals surface area contributed by atoms with Gasteiger partial charge in [0, 0.05) is 17.8 Å². The molecule has 14 heavy (non-hydrogen) atoms. The predicted molar refractivity (Wildman–Crippen MR) is 58.5 cm³/mol. The Morgan fingerprint density at radius 1 is 1.43 bits per heavy atom. The molecule has 1 rings (SSSR count). The molecule has 1 aromatic rings. The normalized spacial score (nSPS) is 9.93. The van der Waals surface area contributed by atoms with Crippen molar-refractivity contribution in [1.29, 1.82) is 0 Å². The Balaban J connectivity index is 2.79. The highest BCUT2D eigenvalue weighted by Crippen LogP contribution is 2.13. The van der Waals surface area contributed by atoms with Gasteiger partial charge in [0.1, 0.15) is 5.82 Å². The van der Waals surface area contributed by atoms with Gasteiger partial charge in [-0.25, -0.2) is 4.39 Å². The van der Waals surface area contributed by atoms with Gasteiger partial charge < -0.3 is 5.32 Å². The van der Waals surface area contributed by atoms with Crippen LogP contribution in [0, 0.1) is 12.7 Å². The zero-order valence-electron chi connectivity index (χ0n) is 8.73. The average Bonchev–Trinajstić information content (AvgIpc) is 2.12. The molecule has 1 N–H and O–H groups in total. The third kappa shape index (κ3) is 2.87. The van der Waals surface area contributed by atoms with Gasteiger partial charge in [0.25, 0.3) is 0 Å². The van der Waals surface area contributed by atoms with Gasteiger partial charge in [-0.2, -0.15) is 0 Å². The Morgan fingerprint density at radius 2 is 2.14 bits per heavy atom. The molecule has 0 aliphatic rings. The first kappa shape index (κ1) is 10.8. The van der Waals surface area contributed by atoms with Crippen LogP contribution in [-0.4, -0.2) is 6.54 Å². The molecule has 0 unspecified atom stereocenters. The highest BCUT2D eigenvalue weighted by Gasteiger charge is 2.00. The van der Waals surface area contributed by atoms with Crippen molar-refractivity contribution in [2.75, 3.05) is 6.54 Å². The monoisotopic (exact) mass is 193 g/mol. The molecule has 0 bridgehead atoms. The maximum Gasteiger partial charge on any atom is 0.124 e. The summed E-state index contributed by atoms with van der Waals surface area (Å²) in [5.41, 5.74) is 2.53. The fourth-order valence-electron chi connectivity index (χ4n) is 1.29. The van der Waals surface area contributed by atoms with Crippen LogP contribution in [0.2, 0.25) is 0 Å². The van der Waals surface area contributed by atoms with Crippen molar-refractivity contribution in [3.8, 4) is 0 Å². The summed E-state index contributed by atoms with van der Waals surface area (Å²) in [6, 6.07) is 4.93. The Kier molecular flexibility index (Phi) is 3.69. The third-order valence-corrected chi connectivity index (χ3v) is 1.98. The van der Waals surface area contributed by atoms with E-state index in [0.29, 0.717) is 0 Å². The predicted octanol–water partition coefficient (Wildman–Crippen LogP) is 3.10. The van der Waals surface area contributed by atoms with E-state index in [1.165, 1.54) is 12.1 Å². The number of hydrogen-bond acceptors (Lipinski definition) is 1. The lowest BCUT2D eigenvalue weighted by Gasteiger charge is -2.09. The van der Waals surface area contributed by atoms with E-state index >= 15 is 0 Å². The van der Waals surface area contributed by atoms with Crippen LogP contribution in [0.3, 0.4) is 0 Å². The summed E-state index contributed by atoms with van der Waals surface area (Å²) in [6.45, 7) is 8.69. The molecule has 0 radical (unpaired) electrons. The van der Waals surface area contributed by atoms with E-state index in [1.54, 1.807) is 0 Å². The second kappa shape index (κ2) is 4.80. The molecule has 0 aromatic heterocycles. The number of benzene rings is 1. The smallest absolute Gasteiger partial charge is 0.124 e. The summed E-state index contributed by atoms with van der Waals surface area (Å²) in [7, 11) is 0. The molecular weight excluding hydrogens is 177 g/mol. The minimum atomic E-state index is -0.209. The minimum absolute atomic E-state index is 0.209. The highest BCUT2D eigenvalue weighted by molar-refractivity contribution is 5.62. The van der Waals surface area contributed by atoms with Crippen molar-refractivity contribution in [1.82, 2.24) is 5.32 Å². The summed E-state index contributed by atoms with van der Waals surface area (Å²) in [4.78, 5) is 0. The number of nitrogens with one attached hydrogen (secondary N) is 1. The van der Waals surface area contributed by atoms with E-state index < -0.39 is 0 Å². The van der Waals surface area contributed by atoms with Crippen molar-refractivity contribution in [2.45, 2.75) is 20.3 Å². The molecule has 0 heterocycles. The van der Waals surface area contributed by atoms with Crippen LogP contribution < -0.4 is 5.32 Å². The van der Waals surface area contributed by atoms with Crippen LogP contribution in [0.5, 0.6) is 0 Å². The number of halogens is 1. The van der Waals surface area contributed by atoms with E-state index in [2.05, 4.69) is 18.8 Å². The molecule has 1 aromatic carbocycles. The van der Waals surface area contributed by atoms with Gasteiger partial charge in [0.2, 0.25) is 0 Å². The molecule has 0 aliphatic carbocycles. The van der Waals surface area contributed by atoms with Crippen molar-refractivity contribution < 1.29 is 4.39 Å². The number of rotatable bonds is 4. The van der Waals surface area contributed by atoms with Crippen LogP contribution in [0.1, 0.15) is 24.5 Å². The van der Waals surface area contributed by atoms with Crippen LogP contribution in [0.4, 0.5) is 4.39 Å². The Hall–Kier alpha value is -1.31. The molecule has 0 spiro atoms. The molecule has 0 saturated heterocycles. The number of aryl methyl sites for hydroxylation is 1. The van der Waals surface area contributed by atoms with Crippen LogP contribution in [0.25, 0.3) is 5.70 Å². The van der Waals surface area contributed by atoms with E-state index in [-0.39, 0.29) is 5.82 Å². The first-order valence-corrected chi connectivity index (χ1v) is 4.84. The van der Waals surface area contributed by atoms with E-state index in [9.17, 15) is 4.39 Å². The molecule has 0 aliphatic heterocycles. The molecule has 0 amide bonds. The van der Waals surface area contributed by atoms with Crippen molar-refractivity contribution >= 4 is 5.70 Å². The first-order chi connectivity index (χ1) is 6.63. The van der Waals surface area contributed by atoms with E-state index in [0.717, 1.165) is 29.8 Å². The van der Waals surface area contributed by atoms with Crippen LogP contribution >= 0.6 is 0 Å². The molecule has 76 valence electrons. The summed E-state index contributed by atoms with van der Waals surface area (Å²) in [6.07, 6.45) is 1.04. The van der Waals surface area contributed by atoms with Gasteiger partial charge in [-0.05, 0) is 37.1 Å². The fourth-order valence-corrected chi connectivity index (χ4v) is 1.29. The third-order valence-electron chi connectivity index (χ3n) is 1.98. The SMILES string of the molecule is C=C(NCCC)c1cc(C)cc(F)c1. The Labute approximate surface area is 84.6 Å². The van der Waals surface area contributed by atoms with Crippen molar-refractivity contribution in [3.63, 3.8) is 0 Å². The van der Waals surface area contributed by atoms with Crippen molar-refractivity contribution in [2.24, 2.45) is 0 Å². The highest BCUT2D eigenvalue weighted by atomic mass is 19.1. The van der Waals surface area contributed by atoms with Gasteiger partial charge in [0.15, 0.2) is 0 Å². The Morgan fingerprint density at radius 3 is 2.71 bits per heavy atom. The van der Waals surface area contributed by atoms with Crippen LogP contribution in [0.15, 0.2) is 24.8 Å². The minimum Gasteiger partial charge on any atom is -0.385 e. The van der Waals surface area contributed by atoms with Gasteiger partial charge in [-0.15, -0.1) is 0 Å². The zero-order chi connectivity index (χ0) is 10.6. The standard InChI is InChI=1S/C12H16FN/c1-4-5-14-10(3)11-6-9(2)7-12(13)8-11/h6-8,14H,3-5H2,1-2H3. The molecule has 0 atom stereocenters. The lowest BCUT2D eigenvalue weighted by Crippen LogP contribution is -2.12. The van der Waals surface area contributed by atoms with E-state index in [1.807, 2.05) is 13.0 Å². The fraction of sp³-hybridized carbons (Fsp3) is 0.333. The molecule has 2 heteroatoms. The quantitative estimate of drug-likeness (QED) is 0.774. The second-order valence-electron chi connectivity index (χ2n) is 3.42. The topological polar surface area (TPSA) is 12.0 Å². The lowest BCUT2D eigenvalue weighted by atomic mass is 10.1. The van der Waals surface area contributed by atoms with Gasteiger partial charge in [-0.3, -0.25) is 0 Å². The molecular formula is C12H16FN. The Bertz CT molecular complexity index is 311.